The van der Waals surface area contributed by atoms with Crippen molar-refractivity contribution in [2.24, 2.45) is 5.73 Å². The van der Waals surface area contributed by atoms with Gasteiger partial charge in [0, 0.05) is 6.54 Å². The predicted octanol–water partition coefficient (Wildman–Crippen LogP) is 0.764. The van der Waals surface area contributed by atoms with Crippen LogP contribution in [0.5, 0.6) is 0 Å². The molecule has 1 aromatic rings. The Balaban J connectivity index is 3.17. The van der Waals surface area contributed by atoms with Crippen molar-refractivity contribution in [1.82, 2.24) is 9.78 Å². The van der Waals surface area contributed by atoms with Crippen LogP contribution < -0.4 is 5.73 Å². The fraction of sp³-hybridized carbons (Fsp3) is 0.333. The van der Waals surface area contributed by atoms with Crippen LogP contribution in [0.25, 0.3) is 0 Å². The van der Waals surface area contributed by atoms with E-state index >= 15 is 0 Å². The van der Waals surface area contributed by atoms with Crippen molar-refractivity contribution < 1.29 is 4.79 Å². The Hall–Kier alpha value is -0.840. The maximum absolute atomic E-state index is 10.8. The molecular formula is C6H8BrN3O. The van der Waals surface area contributed by atoms with Gasteiger partial charge in [-0.25, -0.2) is 0 Å². The smallest absolute Gasteiger partial charge is 0.268 e. The molecule has 1 rings (SSSR count). The standard InChI is InChI=1S/C6H8BrN3O/c1-2-10-5(6(8)11)4(7)3-9-10/h3H,2H2,1H3,(H2,8,11). The van der Waals surface area contributed by atoms with E-state index in [4.69, 9.17) is 5.73 Å². The van der Waals surface area contributed by atoms with Crippen molar-refractivity contribution in [3.05, 3.63) is 16.4 Å². The number of aromatic nitrogens is 2. The number of carbonyl (C=O) groups excluding carboxylic acids is 1. The fourth-order valence-electron chi connectivity index (χ4n) is 0.847. The molecule has 0 bridgehead atoms. The average Bonchev–Trinajstić information content (AvgIpc) is 2.30. The van der Waals surface area contributed by atoms with Gasteiger partial charge in [-0.3, -0.25) is 9.48 Å². The van der Waals surface area contributed by atoms with Gasteiger partial charge in [0.15, 0.2) is 0 Å². The summed E-state index contributed by atoms with van der Waals surface area (Å²) in [5.74, 6) is -0.462. The summed E-state index contributed by atoms with van der Waals surface area (Å²) in [6, 6.07) is 0. The van der Waals surface area contributed by atoms with E-state index < -0.39 is 5.91 Å². The van der Waals surface area contributed by atoms with Crippen LogP contribution in [-0.4, -0.2) is 15.7 Å². The number of primary amides is 1. The molecular weight excluding hydrogens is 210 g/mol. The van der Waals surface area contributed by atoms with Crippen LogP contribution in [0.1, 0.15) is 17.4 Å². The topological polar surface area (TPSA) is 60.9 Å². The van der Waals surface area contributed by atoms with Gasteiger partial charge in [0.1, 0.15) is 5.69 Å². The molecule has 1 aromatic heterocycles. The zero-order valence-corrected chi connectivity index (χ0v) is 7.63. The molecule has 60 valence electrons. The largest absolute Gasteiger partial charge is 0.364 e. The Morgan fingerprint density at radius 2 is 2.55 bits per heavy atom. The molecule has 11 heavy (non-hydrogen) atoms. The monoisotopic (exact) mass is 217 g/mol. The van der Waals surface area contributed by atoms with Crippen molar-refractivity contribution in [2.75, 3.05) is 0 Å². The lowest BCUT2D eigenvalue weighted by atomic mass is 10.4. The molecule has 2 N–H and O–H groups in total. The number of rotatable bonds is 2. The van der Waals surface area contributed by atoms with E-state index in [0.29, 0.717) is 16.7 Å². The Kier molecular flexibility index (Phi) is 2.28. The molecule has 0 aliphatic carbocycles. The molecule has 0 aliphatic heterocycles. The van der Waals surface area contributed by atoms with Crippen molar-refractivity contribution in [2.45, 2.75) is 13.5 Å². The molecule has 4 nitrogen and oxygen atoms in total. The lowest BCUT2D eigenvalue weighted by Gasteiger charge is -1.99. The third kappa shape index (κ3) is 1.42. The van der Waals surface area contributed by atoms with Gasteiger partial charge in [0.2, 0.25) is 0 Å². The van der Waals surface area contributed by atoms with Crippen LogP contribution in [-0.2, 0) is 6.54 Å². The first-order valence-corrected chi connectivity index (χ1v) is 3.97. The Morgan fingerprint density at radius 3 is 2.91 bits per heavy atom. The van der Waals surface area contributed by atoms with E-state index in [9.17, 15) is 4.79 Å². The second-order valence-corrected chi connectivity index (χ2v) is 2.88. The summed E-state index contributed by atoms with van der Waals surface area (Å²) in [7, 11) is 0. The number of nitrogens with two attached hydrogens (primary N) is 1. The number of aryl methyl sites for hydroxylation is 1. The minimum absolute atomic E-state index is 0.424. The quantitative estimate of drug-likeness (QED) is 0.796. The number of halogens is 1. The zero-order valence-electron chi connectivity index (χ0n) is 6.04. The highest BCUT2D eigenvalue weighted by molar-refractivity contribution is 9.10. The molecule has 1 heterocycles. The first-order valence-electron chi connectivity index (χ1n) is 3.18. The highest BCUT2D eigenvalue weighted by atomic mass is 79.9. The molecule has 1 amide bonds. The van der Waals surface area contributed by atoms with Crippen molar-refractivity contribution in [3.63, 3.8) is 0 Å². The fourth-order valence-corrected chi connectivity index (χ4v) is 1.34. The second kappa shape index (κ2) is 3.04. The summed E-state index contributed by atoms with van der Waals surface area (Å²) in [5.41, 5.74) is 5.53. The maximum Gasteiger partial charge on any atom is 0.268 e. The van der Waals surface area contributed by atoms with Crippen LogP contribution in [0.15, 0.2) is 10.7 Å². The van der Waals surface area contributed by atoms with Crippen molar-refractivity contribution >= 4 is 21.8 Å². The van der Waals surface area contributed by atoms with Crippen molar-refractivity contribution in [1.29, 1.82) is 0 Å². The Morgan fingerprint density at radius 1 is 1.91 bits per heavy atom. The zero-order chi connectivity index (χ0) is 8.43. The molecule has 0 radical (unpaired) electrons. The van der Waals surface area contributed by atoms with Crippen LogP contribution in [0.4, 0.5) is 0 Å². The Labute approximate surface area is 72.5 Å². The number of nitrogens with zero attached hydrogens (tertiary/aromatic N) is 2. The normalized spacial score (nSPS) is 10.0. The summed E-state index contributed by atoms with van der Waals surface area (Å²) >= 11 is 3.17. The van der Waals surface area contributed by atoms with E-state index in [2.05, 4.69) is 21.0 Å². The first-order chi connectivity index (χ1) is 5.16. The molecule has 0 saturated carbocycles. The third-order valence-electron chi connectivity index (χ3n) is 1.33. The van der Waals surface area contributed by atoms with Crippen molar-refractivity contribution in [3.8, 4) is 0 Å². The SMILES string of the molecule is CCn1ncc(Br)c1C(N)=O. The van der Waals surface area contributed by atoms with Crippen LogP contribution in [0.2, 0.25) is 0 Å². The highest BCUT2D eigenvalue weighted by Crippen LogP contribution is 2.14. The average molecular weight is 218 g/mol. The molecule has 0 spiro atoms. The molecule has 5 heteroatoms. The molecule has 0 atom stereocenters. The number of carbonyl (C=O) groups is 1. The van der Waals surface area contributed by atoms with Gasteiger partial charge in [-0.15, -0.1) is 0 Å². The molecule has 0 saturated heterocycles. The summed E-state index contributed by atoms with van der Waals surface area (Å²) in [6.45, 7) is 2.54. The Bertz CT molecular complexity index is 281. The minimum Gasteiger partial charge on any atom is -0.364 e. The van der Waals surface area contributed by atoms with E-state index in [0.717, 1.165) is 0 Å². The third-order valence-corrected chi connectivity index (χ3v) is 1.91. The number of hydrogen-bond acceptors (Lipinski definition) is 2. The van der Waals surface area contributed by atoms with E-state index in [-0.39, 0.29) is 0 Å². The van der Waals surface area contributed by atoms with Gasteiger partial charge in [0.05, 0.1) is 10.7 Å². The molecule has 0 fully saturated rings. The van der Waals surface area contributed by atoms with Gasteiger partial charge in [0.25, 0.3) is 5.91 Å². The van der Waals surface area contributed by atoms with Gasteiger partial charge in [-0.05, 0) is 22.9 Å². The van der Waals surface area contributed by atoms with Crippen LogP contribution in [0.3, 0.4) is 0 Å². The number of amides is 1. The minimum atomic E-state index is -0.462. The predicted molar refractivity (Wildman–Crippen MR) is 44.1 cm³/mol. The summed E-state index contributed by atoms with van der Waals surface area (Å²) in [5, 5.41) is 3.92. The van der Waals surface area contributed by atoms with Crippen LogP contribution >= 0.6 is 15.9 Å². The van der Waals surface area contributed by atoms with Gasteiger partial charge < -0.3 is 5.73 Å². The van der Waals surface area contributed by atoms with E-state index in [1.807, 2.05) is 6.92 Å². The maximum atomic E-state index is 10.8. The van der Waals surface area contributed by atoms with Gasteiger partial charge in [-0.2, -0.15) is 5.10 Å². The summed E-state index contributed by atoms with van der Waals surface area (Å²) in [4.78, 5) is 10.8. The summed E-state index contributed by atoms with van der Waals surface area (Å²) < 4.78 is 2.19. The summed E-state index contributed by atoms with van der Waals surface area (Å²) in [6.07, 6.45) is 1.56. The number of hydrogen-bond donors (Lipinski definition) is 1. The van der Waals surface area contributed by atoms with Gasteiger partial charge in [-0.1, -0.05) is 0 Å². The second-order valence-electron chi connectivity index (χ2n) is 2.02. The molecule has 0 aliphatic rings. The first kappa shape index (κ1) is 8.26. The van der Waals surface area contributed by atoms with Crippen LogP contribution in [0, 0.1) is 0 Å². The highest BCUT2D eigenvalue weighted by Gasteiger charge is 2.11. The molecule has 0 aromatic carbocycles. The lowest BCUT2D eigenvalue weighted by molar-refractivity contribution is 0.0989. The van der Waals surface area contributed by atoms with Gasteiger partial charge >= 0.3 is 0 Å². The van der Waals surface area contributed by atoms with E-state index in [1.54, 1.807) is 10.9 Å². The molecule has 0 unspecified atom stereocenters. The van der Waals surface area contributed by atoms with E-state index in [1.165, 1.54) is 0 Å². The lowest BCUT2D eigenvalue weighted by Crippen LogP contribution is -2.17.